The fraction of sp³-hybridized carbons (Fsp3) is 0.357. The van der Waals surface area contributed by atoms with Crippen LogP contribution in [0.25, 0.3) is 10.9 Å². The number of halogens is 1. The minimum atomic E-state index is -1.16. The number of rotatable bonds is 4. The maximum absolute atomic E-state index is 13.2. The number of aromatic nitrogens is 2. The lowest BCUT2D eigenvalue weighted by molar-refractivity contribution is 0.0692. The van der Waals surface area contributed by atoms with E-state index in [0.29, 0.717) is 23.7 Å². The van der Waals surface area contributed by atoms with Crippen LogP contribution in [0.3, 0.4) is 0 Å². The molecule has 0 aliphatic rings. The summed E-state index contributed by atoms with van der Waals surface area (Å²) < 4.78 is 13.2. The normalized spacial score (nSPS) is 12.6. The summed E-state index contributed by atoms with van der Waals surface area (Å²) >= 11 is 0. The predicted octanol–water partition coefficient (Wildman–Crippen LogP) is 3.06. The average Bonchev–Trinajstić information content (AvgIpc) is 2.37. The molecular formula is C14H15FN2O2. The van der Waals surface area contributed by atoms with Crippen molar-refractivity contribution in [1.82, 2.24) is 9.97 Å². The van der Waals surface area contributed by atoms with Gasteiger partial charge in [0.2, 0.25) is 0 Å². The van der Waals surface area contributed by atoms with Crippen molar-refractivity contribution in [2.75, 3.05) is 0 Å². The molecule has 2 rings (SSSR count). The molecule has 5 heteroatoms. The second kappa shape index (κ2) is 5.30. The highest BCUT2D eigenvalue weighted by Crippen LogP contribution is 2.19. The van der Waals surface area contributed by atoms with Crippen LogP contribution in [-0.2, 0) is 6.42 Å². The van der Waals surface area contributed by atoms with Crippen LogP contribution >= 0.6 is 0 Å². The third-order valence-corrected chi connectivity index (χ3v) is 3.13. The third kappa shape index (κ3) is 2.86. The first kappa shape index (κ1) is 13.4. The lowest BCUT2D eigenvalue weighted by atomic mass is 10.0. The summed E-state index contributed by atoms with van der Waals surface area (Å²) in [5, 5.41) is 9.41. The minimum Gasteiger partial charge on any atom is -0.476 e. The standard InChI is InChI=1S/C14H15FN2O2/c1-3-8(2)6-12-16-11-5-4-9(15)7-10(11)13(17-12)14(18)19/h4-5,7-8H,3,6H2,1-2H3,(H,18,19). The number of hydrogen-bond acceptors (Lipinski definition) is 3. The summed E-state index contributed by atoms with van der Waals surface area (Å²) in [6.07, 6.45) is 1.58. The molecule has 1 N–H and O–H groups in total. The molecule has 4 nitrogen and oxygen atoms in total. The van der Waals surface area contributed by atoms with Gasteiger partial charge in [-0.3, -0.25) is 0 Å². The topological polar surface area (TPSA) is 63.1 Å². The fourth-order valence-corrected chi connectivity index (χ4v) is 1.86. The second-order valence-electron chi connectivity index (χ2n) is 4.67. The molecule has 0 saturated heterocycles. The molecule has 0 bridgehead atoms. The molecule has 1 atom stereocenters. The summed E-state index contributed by atoms with van der Waals surface area (Å²) in [5.41, 5.74) is 0.329. The van der Waals surface area contributed by atoms with Gasteiger partial charge in [-0.2, -0.15) is 0 Å². The molecule has 0 radical (unpaired) electrons. The van der Waals surface area contributed by atoms with Gasteiger partial charge in [0.05, 0.1) is 5.52 Å². The van der Waals surface area contributed by atoms with Crippen LogP contribution in [0.2, 0.25) is 0 Å². The van der Waals surface area contributed by atoms with Gasteiger partial charge < -0.3 is 5.11 Å². The highest BCUT2D eigenvalue weighted by atomic mass is 19.1. The summed E-state index contributed by atoms with van der Waals surface area (Å²) in [4.78, 5) is 19.6. The Morgan fingerprint density at radius 1 is 1.42 bits per heavy atom. The number of carboxylic acids is 1. The second-order valence-corrected chi connectivity index (χ2v) is 4.67. The van der Waals surface area contributed by atoms with Crippen molar-refractivity contribution in [2.45, 2.75) is 26.7 Å². The number of aromatic carboxylic acids is 1. The van der Waals surface area contributed by atoms with Crippen molar-refractivity contribution < 1.29 is 14.3 Å². The van der Waals surface area contributed by atoms with Crippen molar-refractivity contribution in [3.63, 3.8) is 0 Å². The Bertz CT molecular complexity index is 628. The SMILES string of the molecule is CCC(C)Cc1nc(C(=O)O)c2cc(F)ccc2n1. The van der Waals surface area contributed by atoms with Gasteiger partial charge in [0, 0.05) is 11.8 Å². The maximum Gasteiger partial charge on any atom is 0.355 e. The van der Waals surface area contributed by atoms with Gasteiger partial charge in [0.25, 0.3) is 0 Å². The van der Waals surface area contributed by atoms with E-state index < -0.39 is 11.8 Å². The van der Waals surface area contributed by atoms with Crippen LogP contribution in [0.1, 0.15) is 36.6 Å². The van der Waals surface area contributed by atoms with Crippen LogP contribution in [0.5, 0.6) is 0 Å². The molecule has 0 spiro atoms. The lowest BCUT2D eigenvalue weighted by Gasteiger charge is -2.09. The molecule has 19 heavy (non-hydrogen) atoms. The summed E-state index contributed by atoms with van der Waals surface area (Å²) in [7, 11) is 0. The van der Waals surface area contributed by atoms with Gasteiger partial charge >= 0.3 is 5.97 Å². The Morgan fingerprint density at radius 3 is 2.79 bits per heavy atom. The van der Waals surface area contributed by atoms with E-state index >= 15 is 0 Å². The smallest absolute Gasteiger partial charge is 0.355 e. The highest BCUT2D eigenvalue weighted by Gasteiger charge is 2.15. The Kier molecular flexibility index (Phi) is 3.74. The minimum absolute atomic E-state index is 0.136. The van der Waals surface area contributed by atoms with Crippen LogP contribution in [-0.4, -0.2) is 21.0 Å². The quantitative estimate of drug-likeness (QED) is 0.919. The van der Waals surface area contributed by atoms with E-state index in [1.54, 1.807) is 0 Å². The number of carboxylic acid groups (broad SMARTS) is 1. The fourth-order valence-electron chi connectivity index (χ4n) is 1.86. The van der Waals surface area contributed by atoms with Crippen molar-refractivity contribution in [3.05, 3.63) is 35.5 Å². The zero-order valence-electron chi connectivity index (χ0n) is 10.9. The van der Waals surface area contributed by atoms with E-state index in [4.69, 9.17) is 0 Å². The molecule has 100 valence electrons. The van der Waals surface area contributed by atoms with Gasteiger partial charge in [-0.25, -0.2) is 19.2 Å². The monoisotopic (exact) mass is 262 g/mol. The lowest BCUT2D eigenvalue weighted by Crippen LogP contribution is -2.09. The first-order chi connectivity index (χ1) is 9.01. The number of carbonyl (C=O) groups is 1. The molecule has 1 aromatic carbocycles. The molecule has 0 amide bonds. The summed E-state index contributed by atoms with van der Waals surface area (Å²) in [6.45, 7) is 4.11. The van der Waals surface area contributed by atoms with Gasteiger partial charge in [-0.15, -0.1) is 0 Å². The molecule has 0 aliphatic carbocycles. The van der Waals surface area contributed by atoms with E-state index in [1.165, 1.54) is 12.1 Å². The van der Waals surface area contributed by atoms with E-state index in [0.717, 1.165) is 12.5 Å². The van der Waals surface area contributed by atoms with Crippen molar-refractivity contribution in [3.8, 4) is 0 Å². The van der Waals surface area contributed by atoms with Gasteiger partial charge in [-0.05, 0) is 24.1 Å². The third-order valence-electron chi connectivity index (χ3n) is 3.13. The number of hydrogen-bond donors (Lipinski definition) is 1. The van der Waals surface area contributed by atoms with Crippen molar-refractivity contribution >= 4 is 16.9 Å². The van der Waals surface area contributed by atoms with Gasteiger partial charge in [0.15, 0.2) is 5.69 Å². The Labute approximate surface area is 110 Å². The average molecular weight is 262 g/mol. The maximum atomic E-state index is 13.2. The van der Waals surface area contributed by atoms with E-state index in [9.17, 15) is 14.3 Å². The molecule has 0 saturated carbocycles. The van der Waals surface area contributed by atoms with E-state index in [1.807, 2.05) is 0 Å². The largest absolute Gasteiger partial charge is 0.476 e. The summed E-state index contributed by atoms with van der Waals surface area (Å²) in [6, 6.07) is 3.92. The number of benzene rings is 1. The van der Waals surface area contributed by atoms with Crippen LogP contribution in [0, 0.1) is 11.7 Å². The Balaban J connectivity index is 2.58. The van der Waals surface area contributed by atoms with Crippen molar-refractivity contribution in [2.24, 2.45) is 5.92 Å². The zero-order valence-corrected chi connectivity index (χ0v) is 10.9. The molecule has 0 aliphatic heterocycles. The number of nitrogens with zero attached hydrogens (tertiary/aromatic N) is 2. The van der Waals surface area contributed by atoms with Crippen LogP contribution in [0.15, 0.2) is 18.2 Å². The summed E-state index contributed by atoms with van der Waals surface area (Å²) in [5.74, 6) is -0.790. The van der Waals surface area contributed by atoms with E-state index in [2.05, 4.69) is 23.8 Å². The van der Waals surface area contributed by atoms with Gasteiger partial charge in [0.1, 0.15) is 11.6 Å². The Morgan fingerprint density at radius 2 is 2.16 bits per heavy atom. The molecule has 1 unspecified atom stereocenters. The van der Waals surface area contributed by atoms with Crippen molar-refractivity contribution in [1.29, 1.82) is 0 Å². The first-order valence-electron chi connectivity index (χ1n) is 6.20. The zero-order chi connectivity index (χ0) is 14.0. The van der Waals surface area contributed by atoms with E-state index in [-0.39, 0.29) is 11.1 Å². The predicted molar refractivity (Wildman–Crippen MR) is 69.6 cm³/mol. The molecule has 2 aromatic rings. The Hall–Kier alpha value is -2.04. The highest BCUT2D eigenvalue weighted by molar-refractivity contribution is 6.00. The molecular weight excluding hydrogens is 247 g/mol. The molecule has 0 fully saturated rings. The number of fused-ring (bicyclic) bond motifs is 1. The van der Waals surface area contributed by atoms with Crippen LogP contribution in [0.4, 0.5) is 4.39 Å². The molecule has 1 heterocycles. The molecule has 1 aromatic heterocycles. The first-order valence-corrected chi connectivity index (χ1v) is 6.20. The van der Waals surface area contributed by atoms with Gasteiger partial charge in [-0.1, -0.05) is 20.3 Å². The van der Waals surface area contributed by atoms with Crippen LogP contribution < -0.4 is 0 Å².